The third-order valence-electron chi connectivity index (χ3n) is 4.99. The van der Waals surface area contributed by atoms with Crippen molar-refractivity contribution in [1.29, 1.82) is 0 Å². The van der Waals surface area contributed by atoms with Crippen molar-refractivity contribution >= 4 is 11.9 Å². The fraction of sp³-hybridized carbons (Fsp3) is 0.789. The highest BCUT2D eigenvalue weighted by Gasteiger charge is 2.53. The lowest BCUT2D eigenvalue weighted by molar-refractivity contribution is -0.161. The minimum atomic E-state index is -0.342. The van der Waals surface area contributed by atoms with E-state index in [0.29, 0.717) is 13.2 Å². The summed E-state index contributed by atoms with van der Waals surface area (Å²) in [6.45, 7) is 5.16. The van der Waals surface area contributed by atoms with Crippen molar-refractivity contribution in [1.82, 2.24) is 0 Å². The molecule has 4 heteroatoms. The van der Waals surface area contributed by atoms with Gasteiger partial charge < -0.3 is 9.47 Å². The van der Waals surface area contributed by atoms with Crippen molar-refractivity contribution in [2.75, 3.05) is 13.2 Å². The summed E-state index contributed by atoms with van der Waals surface area (Å²) in [6, 6.07) is 0. The molecular weight excluding hydrogens is 292 g/mol. The number of rotatable bonds is 10. The van der Waals surface area contributed by atoms with Gasteiger partial charge in [-0.1, -0.05) is 51.7 Å². The molecule has 0 aromatic heterocycles. The number of hydrogen-bond donors (Lipinski definition) is 0. The van der Waals surface area contributed by atoms with Gasteiger partial charge in [-0.15, -0.1) is 0 Å². The molecule has 0 heterocycles. The lowest BCUT2D eigenvalue weighted by Crippen LogP contribution is -2.35. The quantitative estimate of drug-likeness (QED) is 0.348. The van der Waals surface area contributed by atoms with Crippen LogP contribution in [0.4, 0.5) is 0 Å². The third-order valence-corrected chi connectivity index (χ3v) is 4.99. The number of esters is 2. The van der Waals surface area contributed by atoms with E-state index in [1.807, 2.05) is 0 Å². The first kappa shape index (κ1) is 18.0. The molecule has 0 aromatic rings. The first-order valence-corrected chi connectivity index (χ1v) is 9.20. The number of carbonyl (C=O) groups is 2. The highest BCUT2D eigenvalue weighted by Crippen LogP contribution is 2.49. The van der Waals surface area contributed by atoms with Crippen molar-refractivity contribution < 1.29 is 19.1 Å². The molecule has 130 valence electrons. The van der Waals surface area contributed by atoms with Gasteiger partial charge in [0, 0.05) is 0 Å². The summed E-state index contributed by atoms with van der Waals surface area (Å²) in [5.74, 6) is -0.823. The molecule has 4 atom stereocenters. The predicted molar refractivity (Wildman–Crippen MR) is 88.7 cm³/mol. The van der Waals surface area contributed by atoms with Gasteiger partial charge in [0.1, 0.15) is 0 Å². The van der Waals surface area contributed by atoms with Crippen molar-refractivity contribution in [3.8, 4) is 0 Å². The highest BCUT2D eigenvalue weighted by atomic mass is 16.5. The van der Waals surface area contributed by atoms with Gasteiger partial charge in [-0.3, -0.25) is 9.59 Å². The van der Waals surface area contributed by atoms with Crippen LogP contribution in [-0.2, 0) is 19.1 Å². The Balaban J connectivity index is 1.87. The summed E-state index contributed by atoms with van der Waals surface area (Å²) in [5, 5.41) is 0. The molecule has 0 amide bonds. The second kappa shape index (κ2) is 9.09. The van der Waals surface area contributed by atoms with Gasteiger partial charge in [-0.2, -0.15) is 0 Å². The van der Waals surface area contributed by atoms with Crippen LogP contribution in [0.1, 0.15) is 58.8 Å². The summed E-state index contributed by atoms with van der Waals surface area (Å²) in [7, 11) is 0. The SMILES string of the molecule is CCCCCOC(=O)C1C2C=C[C@H](C2)[C@H]1C(=O)OCCCCC. The second-order valence-electron chi connectivity index (χ2n) is 6.75. The highest BCUT2D eigenvalue weighted by molar-refractivity contribution is 5.84. The van der Waals surface area contributed by atoms with Crippen LogP contribution >= 0.6 is 0 Å². The average Bonchev–Trinajstić information content (AvgIpc) is 3.16. The van der Waals surface area contributed by atoms with Crippen LogP contribution < -0.4 is 0 Å². The van der Waals surface area contributed by atoms with E-state index >= 15 is 0 Å². The van der Waals surface area contributed by atoms with E-state index in [0.717, 1.165) is 44.9 Å². The van der Waals surface area contributed by atoms with Crippen LogP contribution in [0.3, 0.4) is 0 Å². The van der Waals surface area contributed by atoms with Gasteiger partial charge in [0.15, 0.2) is 0 Å². The molecule has 0 radical (unpaired) electrons. The first-order chi connectivity index (χ1) is 11.2. The number of hydrogen-bond acceptors (Lipinski definition) is 4. The Kier molecular flexibility index (Phi) is 7.13. The molecule has 0 spiro atoms. The molecule has 2 aliphatic rings. The number of carbonyl (C=O) groups excluding carboxylic acids is 2. The van der Waals surface area contributed by atoms with E-state index in [2.05, 4.69) is 26.0 Å². The summed E-state index contributed by atoms with van der Waals surface area (Å²) in [5.41, 5.74) is 0. The fourth-order valence-corrected chi connectivity index (χ4v) is 3.71. The molecule has 2 unspecified atom stereocenters. The average molecular weight is 322 g/mol. The normalized spacial score (nSPS) is 28.1. The van der Waals surface area contributed by atoms with E-state index in [4.69, 9.17) is 9.47 Å². The molecule has 1 fully saturated rings. The standard InChI is InChI=1S/C19H30O4/c1-3-5-7-11-22-18(20)16-14-9-10-15(13-14)17(16)19(21)23-12-8-6-4-2/h9-10,14-17H,3-8,11-13H2,1-2H3/t14-,15?,16-,17?/m1/s1. The molecule has 23 heavy (non-hydrogen) atoms. The van der Waals surface area contributed by atoms with E-state index in [-0.39, 0.29) is 35.6 Å². The molecule has 2 rings (SSSR count). The van der Waals surface area contributed by atoms with Crippen LogP contribution in [0, 0.1) is 23.7 Å². The fourth-order valence-electron chi connectivity index (χ4n) is 3.71. The molecule has 0 aromatic carbocycles. The molecule has 1 saturated carbocycles. The Bertz CT molecular complexity index is 391. The smallest absolute Gasteiger partial charge is 0.310 e. The maximum absolute atomic E-state index is 12.4. The van der Waals surface area contributed by atoms with Gasteiger partial charge in [-0.25, -0.2) is 0 Å². The second-order valence-corrected chi connectivity index (χ2v) is 6.75. The molecular formula is C19H30O4. The summed E-state index contributed by atoms with van der Waals surface area (Å²) >= 11 is 0. The molecule has 2 bridgehead atoms. The number of allylic oxidation sites excluding steroid dienone is 2. The first-order valence-electron chi connectivity index (χ1n) is 9.20. The van der Waals surface area contributed by atoms with Crippen molar-refractivity contribution in [2.24, 2.45) is 23.7 Å². The Morgan fingerprint density at radius 3 is 1.65 bits per heavy atom. The van der Waals surface area contributed by atoms with E-state index in [1.165, 1.54) is 0 Å². The maximum Gasteiger partial charge on any atom is 0.310 e. The predicted octanol–water partition coefficient (Wildman–Crippen LogP) is 3.89. The van der Waals surface area contributed by atoms with Gasteiger partial charge in [-0.05, 0) is 31.1 Å². The van der Waals surface area contributed by atoms with Gasteiger partial charge in [0.2, 0.25) is 0 Å². The van der Waals surface area contributed by atoms with Gasteiger partial charge in [0.05, 0.1) is 25.0 Å². The number of unbranched alkanes of at least 4 members (excludes halogenated alkanes) is 4. The summed E-state index contributed by atoms with van der Waals surface area (Å²) in [4.78, 5) is 24.9. The Morgan fingerprint density at radius 2 is 1.26 bits per heavy atom. The minimum absolute atomic E-state index is 0.145. The summed E-state index contributed by atoms with van der Waals surface area (Å²) < 4.78 is 10.8. The molecule has 0 N–H and O–H groups in total. The zero-order valence-corrected chi connectivity index (χ0v) is 14.5. The van der Waals surface area contributed by atoms with Crippen LogP contribution in [0.5, 0.6) is 0 Å². The van der Waals surface area contributed by atoms with Crippen LogP contribution in [-0.4, -0.2) is 25.2 Å². The van der Waals surface area contributed by atoms with E-state index in [9.17, 15) is 9.59 Å². The van der Waals surface area contributed by atoms with Gasteiger partial charge in [0.25, 0.3) is 0 Å². The number of ether oxygens (including phenoxy) is 2. The van der Waals surface area contributed by atoms with E-state index in [1.54, 1.807) is 0 Å². The van der Waals surface area contributed by atoms with Crippen molar-refractivity contribution in [3.63, 3.8) is 0 Å². The minimum Gasteiger partial charge on any atom is -0.465 e. The maximum atomic E-state index is 12.4. The third kappa shape index (κ3) is 4.58. The van der Waals surface area contributed by atoms with Gasteiger partial charge >= 0.3 is 11.9 Å². The monoisotopic (exact) mass is 322 g/mol. The molecule has 0 saturated heterocycles. The molecule has 2 aliphatic carbocycles. The topological polar surface area (TPSA) is 52.6 Å². The summed E-state index contributed by atoms with van der Waals surface area (Å²) in [6.07, 6.45) is 11.1. The Labute approximate surface area is 139 Å². The largest absolute Gasteiger partial charge is 0.465 e. The molecule has 4 nitrogen and oxygen atoms in total. The van der Waals surface area contributed by atoms with Crippen LogP contribution in [0.15, 0.2) is 12.2 Å². The Morgan fingerprint density at radius 1 is 0.826 bits per heavy atom. The zero-order chi connectivity index (χ0) is 16.7. The number of fused-ring (bicyclic) bond motifs is 2. The van der Waals surface area contributed by atoms with Crippen molar-refractivity contribution in [3.05, 3.63) is 12.2 Å². The molecule has 0 aliphatic heterocycles. The van der Waals surface area contributed by atoms with E-state index < -0.39 is 0 Å². The zero-order valence-electron chi connectivity index (χ0n) is 14.5. The lowest BCUT2D eigenvalue weighted by Gasteiger charge is -2.25. The lowest BCUT2D eigenvalue weighted by atomic mass is 9.83. The van der Waals surface area contributed by atoms with Crippen LogP contribution in [0.25, 0.3) is 0 Å². The van der Waals surface area contributed by atoms with Crippen molar-refractivity contribution in [2.45, 2.75) is 58.8 Å². The Hall–Kier alpha value is -1.32. The van der Waals surface area contributed by atoms with Crippen LogP contribution in [0.2, 0.25) is 0 Å².